The molecule has 0 saturated carbocycles. The van der Waals surface area contributed by atoms with E-state index in [0.29, 0.717) is 5.56 Å². The molecule has 2 aliphatic rings. The van der Waals surface area contributed by atoms with Crippen LogP contribution in [0.5, 0.6) is 0 Å². The molecular weight excluding hydrogens is 418 g/mol. The third-order valence-corrected chi connectivity index (χ3v) is 7.32. The van der Waals surface area contributed by atoms with Crippen molar-refractivity contribution in [2.24, 2.45) is 0 Å². The van der Waals surface area contributed by atoms with Crippen molar-refractivity contribution < 1.29 is 4.79 Å². The van der Waals surface area contributed by atoms with E-state index >= 15 is 0 Å². The number of thioether (sulfide) groups is 1. The predicted molar refractivity (Wildman–Crippen MR) is 127 cm³/mol. The van der Waals surface area contributed by atoms with E-state index in [1.807, 2.05) is 48.5 Å². The number of likely N-dealkylation sites (tertiary alicyclic amines) is 1. The Morgan fingerprint density at radius 1 is 1.22 bits per heavy atom. The summed E-state index contributed by atoms with van der Waals surface area (Å²) in [5.41, 5.74) is 3.84. The number of piperidine rings is 1. The van der Waals surface area contributed by atoms with Crippen molar-refractivity contribution in [1.82, 2.24) is 20.4 Å². The number of carbonyl (C=O) groups excluding carboxylic acids is 1. The van der Waals surface area contributed by atoms with Crippen LogP contribution in [0.1, 0.15) is 36.1 Å². The molecule has 6 nitrogen and oxygen atoms in total. The standard InChI is InChI=1S/C25H25N5OS/c26-16-18-8-6-17(7-9-18)3-2-12-30-13-10-19(11-14-30)27-25(31)23-15-21-24-20(28-29-21)4-1-5-22(24)32-23/h1,4-9,15,19H,2-3,10-14H2,(H,27,31)(H,28,29). The zero-order valence-electron chi connectivity index (χ0n) is 17.8. The third kappa shape index (κ3) is 4.43. The Kier molecular flexibility index (Phi) is 5.97. The van der Waals surface area contributed by atoms with E-state index in [1.165, 1.54) is 17.3 Å². The second-order valence-corrected chi connectivity index (χ2v) is 9.48. The van der Waals surface area contributed by atoms with Crippen LogP contribution in [-0.2, 0) is 11.2 Å². The molecule has 1 amide bonds. The maximum Gasteiger partial charge on any atom is 0.258 e. The monoisotopic (exact) mass is 443 g/mol. The lowest BCUT2D eigenvalue weighted by atomic mass is 10.0. The van der Waals surface area contributed by atoms with Gasteiger partial charge in [0, 0.05) is 29.4 Å². The highest BCUT2D eigenvalue weighted by molar-refractivity contribution is 8.04. The van der Waals surface area contributed by atoms with Crippen molar-refractivity contribution >= 4 is 34.6 Å². The SMILES string of the molecule is N#Cc1ccc(CCCN2CCC(NC(=O)C3=Cc4[nH]nc5cccc(c45)S3)CC2)cc1. The summed E-state index contributed by atoms with van der Waals surface area (Å²) in [5, 5.41) is 20.6. The van der Waals surface area contributed by atoms with E-state index in [-0.39, 0.29) is 11.9 Å². The van der Waals surface area contributed by atoms with Gasteiger partial charge in [-0.3, -0.25) is 9.89 Å². The smallest absolute Gasteiger partial charge is 0.258 e. The van der Waals surface area contributed by atoms with Crippen molar-refractivity contribution in [1.29, 1.82) is 5.26 Å². The first-order valence-corrected chi connectivity index (χ1v) is 11.9. The average molecular weight is 444 g/mol. The summed E-state index contributed by atoms with van der Waals surface area (Å²) in [7, 11) is 0. The first-order valence-electron chi connectivity index (χ1n) is 11.1. The topological polar surface area (TPSA) is 84.8 Å². The molecule has 2 N–H and O–H groups in total. The minimum absolute atomic E-state index is 0.00604. The normalized spacial score (nSPS) is 16.5. The van der Waals surface area contributed by atoms with Crippen LogP contribution in [0.25, 0.3) is 17.0 Å². The van der Waals surface area contributed by atoms with Crippen LogP contribution in [-0.4, -0.2) is 46.7 Å². The number of amides is 1. The number of nitrogens with one attached hydrogen (secondary N) is 2. The van der Waals surface area contributed by atoms with Crippen LogP contribution in [0.15, 0.2) is 52.3 Å². The van der Waals surface area contributed by atoms with E-state index in [9.17, 15) is 4.79 Å². The molecule has 5 rings (SSSR count). The van der Waals surface area contributed by atoms with Gasteiger partial charge in [0.05, 0.1) is 27.7 Å². The lowest BCUT2D eigenvalue weighted by Crippen LogP contribution is -2.45. The summed E-state index contributed by atoms with van der Waals surface area (Å²) in [6.45, 7) is 3.08. The van der Waals surface area contributed by atoms with E-state index in [2.05, 4.69) is 26.5 Å². The van der Waals surface area contributed by atoms with E-state index in [1.54, 1.807) is 0 Å². The van der Waals surface area contributed by atoms with Gasteiger partial charge in [0.2, 0.25) is 0 Å². The maximum atomic E-state index is 12.9. The molecule has 32 heavy (non-hydrogen) atoms. The molecule has 0 radical (unpaired) electrons. The Labute approximate surface area is 191 Å². The minimum atomic E-state index is 0.00604. The number of rotatable bonds is 6. The molecule has 2 aromatic carbocycles. The fraction of sp³-hybridized carbons (Fsp3) is 0.320. The summed E-state index contributed by atoms with van der Waals surface area (Å²) in [5.74, 6) is 0.00604. The maximum absolute atomic E-state index is 12.9. The van der Waals surface area contributed by atoms with Crippen molar-refractivity contribution in [2.75, 3.05) is 19.6 Å². The summed E-state index contributed by atoms with van der Waals surface area (Å²) in [6.07, 6.45) is 6.00. The Morgan fingerprint density at radius 2 is 2.03 bits per heavy atom. The Morgan fingerprint density at radius 3 is 2.81 bits per heavy atom. The van der Waals surface area contributed by atoms with E-state index in [0.717, 1.165) is 71.7 Å². The summed E-state index contributed by atoms with van der Waals surface area (Å²) >= 11 is 1.52. The molecule has 1 aromatic heterocycles. The molecule has 2 aliphatic heterocycles. The summed E-state index contributed by atoms with van der Waals surface area (Å²) in [4.78, 5) is 17.2. The highest BCUT2D eigenvalue weighted by atomic mass is 32.2. The first-order chi connectivity index (χ1) is 15.7. The number of carbonyl (C=O) groups is 1. The van der Waals surface area contributed by atoms with Crippen LogP contribution >= 0.6 is 11.8 Å². The molecule has 1 saturated heterocycles. The highest BCUT2D eigenvalue weighted by Gasteiger charge is 2.25. The predicted octanol–water partition coefficient (Wildman–Crippen LogP) is 4.09. The fourth-order valence-corrected chi connectivity index (χ4v) is 5.48. The van der Waals surface area contributed by atoms with Gasteiger partial charge in [0.15, 0.2) is 0 Å². The van der Waals surface area contributed by atoms with E-state index in [4.69, 9.17) is 5.26 Å². The van der Waals surface area contributed by atoms with Crippen LogP contribution in [0.3, 0.4) is 0 Å². The molecule has 3 aromatic rings. The number of aromatic nitrogens is 2. The number of benzene rings is 2. The van der Waals surface area contributed by atoms with Gasteiger partial charge >= 0.3 is 0 Å². The number of aryl methyl sites for hydroxylation is 1. The minimum Gasteiger partial charge on any atom is -0.349 e. The molecule has 7 heteroatoms. The molecule has 162 valence electrons. The summed E-state index contributed by atoms with van der Waals surface area (Å²) < 4.78 is 0. The Balaban J connectivity index is 1.08. The molecular formula is C25H25N5OS. The second kappa shape index (κ2) is 9.19. The van der Waals surface area contributed by atoms with Gasteiger partial charge < -0.3 is 10.2 Å². The number of hydrogen-bond donors (Lipinski definition) is 2. The Hall–Kier alpha value is -3.08. The van der Waals surface area contributed by atoms with Crippen LogP contribution in [0.2, 0.25) is 0 Å². The fourth-order valence-electron chi connectivity index (χ4n) is 4.45. The molecule has 0 spiro atoms. The van der Waals surface area contributed by atoms with Gasteiger partial charge in [-0.15, -0.1) is 0 Å². The van der Waals surface area contributed by atoms with Crippen molar-refractivity contribution in [3.63, 3.8) is 0 Å². The van der Waals surface area contributed by atoms with Crippen molar-refractivity contribution in [2.45, 2.75) is 36.6 Å². The second-order valence-electron chi connectivity index (χ2n) is 8.40. The van der Waals surface area contributed by atoms with Gasteiger partial charge in [-0.2, -0.15) is 10.4 Å². The largest absolute Gasteiger partial charge is 0.349 e. The molecule has 1 fully saturated rings. The lowest BCUT2D eigenvalue weighted by Gasteiger charge is -2.32. The van der Waals surface area contributed by atoms with E-state index < -0.39 is 0 Å². The molecule has 0 atom stereocenters. The first kappa shape index (κ1) is 20.8. The van der Waals surface area contributed by atoms with Crippen molar-refractivity contribution in [3.05, 3.63) is 64.2 Å². The van der Waals surface area contributed by atoms with Crippen LogP contribution in [0.4, 0.5) is 0 Å². The number of aromatic amines is 1. The van der Waals surface area contributed by atoms with Gasteiger partial charge in [-0.25, -0.2) is 0 Å². The quantitative estimate of drug-likeness (QED) is 0.599. The summed E-state index contributed by atoms with van der Waals surface area (Å²) in [6, 6.07) is 16.3. The number of nitriles is 1. The molecule has 0 unspecified atom stereocenters. The zero-order valence-corrected chi connectivity index (χ0v) is 18.6. The molecule has 0 bridgehead atoms. The zero-order chi connectivity index (χ0) is 21.9. The van der Waals surface area contributed by atoms with Crippen molar-refractivity contribution in [3.8, 4) is 6.07 Å². The number of H-pyrrole nitrogens is 1. The highest BCUT2D eigenvalue weighted by Crippen LogP contribution is 2.39. The number of hydrogen-bond acceptors (Lipinski definition) is 5. The van der Waals surface area contributed by atoms with Gasteiger partial charge in [-0.05, 0) is 68.1 Å². The Bertz CT molecular complexity index is 1200. The van der Waals surface area contributed by atoms with Gasteiger partial charge in [-0.1, -0.05) is 30.0 Å². The lowest BCUT2D eigenvalue weighted by molar-refractivity contribution is -0.117. The number of nitrogens with zero attached hydrogens (tertiary/aromatic N) is 3. The third-order valence-electron chi connectivity index (χ3n) is 6.24. The van der Waals surface area contributed by atoms with Gasteiger partial charge in [0.1, 0.15) is 0 Å². The van der Waals surface area contributed by atoms with Crippen LogP contribution in [0, 0.1) is 11.3 Å². The average Bonchev–Trinajstić information content (AvgIpc) is 3.25. The molecule has 3 heterocycles. The molecule has 0 aliphatic carbocycles. The van der Waals surface area contributed by atoms with Gasteiger partial charge in [0.25, 0.3) is 5.91 Å². The van der Waals surface area contributed by atoms with Crippen LogP contribution < -0.4 is 5.32 Å².